The zero-order valence-corrected chi connectivity index (χ0v) is 20.5. The lowest BCUT2D eigenvalue weighted by Crippen LogP contribution is -2.50. The lowest BCUT2D eigenvalue weighted by atomic mass is 10.1. The number of amides is 3. The second-order valence-electron chi connectivity index (χ2n) is 8.19. The van der Waals surface area contributed by atoms with E-state index in [1.165, 1.54) is 11.1 Å². The van der Waals surface area contributed by atoms with Crippen molar-refractivity contribution in [2.24, 2.45) is 0 Å². The highest BCUT2D eigenvalue weighted by atomic mass is 32.1. The van der Waals surface area contributed by atoms with E-state index in [1.54, 1.807) is 17.0 Å². The number of aromatic nitrogens is 3. The van der Waals surface area contributed by atoms with Gasteiger partial charge in [0.05, 0.1) is 22.9 Å². The van der Waals surface area contributed by atoms with Crippen molar-refractivity contribution in [1.82, 2.24) is 18.6 Å². The van der Waals surface area contributed by atoms with Gasteiger partial charge in [0.1, 0.15) is 12.4 Å². The molecule has 2 N–H and O–H groups in total. The first-order chi connectivity index (χ1) is 18.4. The van der Waals surface area contributed by atoms with E-state index in [-0.39, 0.29) is 44.7 Å². The summed E-state index contributed by atoms with van der Waals surface area (Å²) < 4.78 is 92.7. The monoisotopic (exact) mass is 575 g/mol. The van der Waals surface area contributed by atoms with Crippen LogP contribution < -0.4 is 20.3 Å². The van der Waals surface area contributed by atoms with Gasteiger partial charge >= 0.3 is 18.4 Å². The standard InChI is InChI=1S/C22H19F6N7O3S/c23-21(24,25)14-8-15(22(26,27)28)10-16(9-14)31-20(37)35-5-3-34(4-6-35)18-19(33-39-32-18)38-11-13-1-2-29-17(7-13)30-12-36/h1-2,7-10,12H,3-6,11H2,(H,31,37)(H,29,30,36). The maximum Gasteiger partial charge on any atom is 0.416 e. The molecular weight excluding hydrogens is 556 g/mol. The molecule has 17 heteroatoms. The molecule has 1 saturated heterocycles. The van der Waals surface area contributed by atoms with E-state index in [0.717, 1.165) is 11.7 Å². The molecule has 3 heterocycles. The molecule has 1 aromatic carbocycles. The van der Waals surface area contributed by atoms with Crippen LogP contribution in [0.2, 0.25) is 0 Å². The number of urea groups is 1. The van der Waals surface area contributed by atoms with Crippen LogP contribution in [0.4, 0.5) is 48.5 Å². The van der Waals surface area contributed by atoms with Gasteiger partial charge in [0.2, 0.25) is 12.2 Å². The van der Waals surface area contributed by atoms with Crippen LogP contribution in [0, 0.1) is 0 Å². The number of ether oxygens (including phenoxy) is 1. The van der Waals surface area contributed by atoms with Crippen LogP contribution in [-0.4, -0.2) is 57.3 Å². The van der Waals surface area contributed by atoms with Gasteiger partial charge in [0, 0.05) is 38.1 Å². The van der Waals surface area contributed by atoms with Crippen molar-refractivity contribution in [3.63, 3.8) is 0 Å². The molecule has 3 amide bonds. The van der Waals surface area contributed by atoms with Crippen LogP contribution >= 0.6 is 11.7 Å². The van der Waals surface area contributed by atoms with E-state index < -0.39 is 35.2 Å². The highest BCUT2D eigenvalue weighted by Gasteiger charge is 2.37. The minimum Gasteiger partial charge on any atom is -0.470 e. The van der Waals surface area contributed by atoms with Crippen molar-refractivity contribution in [2.45, 2.75) is 19.0 Å². The molecule has 1 aliphatic heterocycles. The lowest BCUT2D eigenvalue weighted by molar-refractivity contribution is -0.143. The fourth-order valence-corrected chi connectivity index (χ4v) is 4.19. The lowest BCUT2D eigenvalue weighted by Gasteiger charge is -2.34. The van der Waals surface area contributed by atoms with E-state index >= 15 is 0 Å². The Kier molecular flexibility index (Phi) is 8.08. The summed E-state index contributed by atoms with van der Waals surface area (Å²) in [6.45, 7) is 0.841. The van der Waals surface area contributed by atoms with Crippen molar-refractivity contribution < 1.29 is 40.7 Å². The maximum absolute atomic E-state index is 13.1. The molecule has 0 saturated carbocycles. The third-order valence-electron chi connectivity index (χ3n) is 5.55. The molecule has 1 fully saturated rings. The van der Waals surface area contributed by atoms with Gasteiger partial charge in [-0.15, -0.1) is 4.37 Å². The number of alkyl halides is 6. The molecule has 4 rings (SSSR count). The van der Waals surface area contributed by atoms with Crippen molar-refractivity contribution in [3.8, 4) is 5.88 Å². The predicted molar refractivity (Wildman–Crippen MR) is 127 cm³/mol. The van der Waals surface area contributed by atoms with Crippen LogP contribution in [0.25, 0.3) is 0 Å². The second-order valence-corrected chi connectivity index (χ2v) is 8.72. The maximum atomic E-state index is 13.1. The van der Waals surface area contributed by atoms with Gasteiger partial charge in [0.25, 0.3) is 5.88 Å². The summed E-state index contributed by atoms with van der Waals surface area (Å²) >= 11 is 0.907. The van der Waals surface area contributed by atoms with Crippen LogP contribution in [-0.2, 0) is 23.8 Å². The molecule has 10 nitrogen and oxygen atoms in total. The zero-order chi connectivity index (χ0) is 28.2. The molecule has 0 aliphatic carbocycles. The minimum absolute atomic E-state index is 0.00827. The number of hydrogen-bond acceptors (Lipinski definition) is 8. The molecule has 39 heavy (non-hydrogen) atoms. The summed E-state index contributed by atoms with van der Waals surface area (Å²) in [4.78, 5) is 30.3. The number of carbonyl (C=O) groups is 2. The van der Waals surface area contributed by atoms with Crippen molar-refractivity contribution in [2.75, 3.05) is 41.7 Å². The van der Waals surface area contributed by atoms with Crippen LogP contribution in [0.1, 0.15) is 16.7 Å². The fraction of sp³-hybridized carbons (Fsp3) is 0.318. The average Bonchev–Trinajstić information content (AvgIpc) is 3.35. The summed E-state index contributed by atoms with van der Waals surface area (Å²) in [7, 11) is 0. The number of pyridine rings is 1. The Bertz CT molecular complexity index is 1290. The minimum atomic E-state index is -5.03. The first kappa shape index (κ1) is 27.9. The van der Waals surface area contributed by atoms with Gasteiger partial charge in [-0.3, -0.25) is 4.79 Å². The van der Waals surface area contributed by atoms with Gasteiger partial charge in [0.15, 0.2) is 0 Å². The highest BCUT2D eigenvalue weighted by molar-refractivity contribution is 6.99. The Morgan fingerprint density at radius 3 is 2.28 bits per heavy atom. The Morgan fingerprint density at radius 1 is 1.00 bits per heavy atom. The first-order valence-electron chi connectivity index (χ1n) is 11.1. The number of piperazine rings is 1. The Morgan fingerprint density at radius 2 is 1.67 bits per heavy atom. The topological polar surface area (TPSA) is 113 Å². The van der Waals surface area contributed by atoms with Gasteiger partial charge in [-0.2, -0.15) is 30.7 Å². The largest absolute Gasteiger partial charge is 0.470 e. The summed E-state index contributed by atoms with van der Waals surface area (Å²) in [5.74, 6) is 1.01. The van der Waals surface area contributed by atoms with Gasteiger partial charge in [-0.25, -0.2) is 9.78 Å². The average molecular weight is 575 g/mol. The van der Waals surface area contributed by atoms with Gasteiger partial charge < -0.3 is 25.2 Å². The molecule has 2 aromatic heterocycles. The molecule has 0 spiro atoms. The molecule has 0 radical (unpaired) electrons. The molecule has 0 bridgehead atoms. The first-order valence-corrected chi connectivity index (χ1v) is 11.9. The van der Waals surface area contributed by atoms with E-state index in [2.05, 4.69) is 24.4 Å². The molecule has 3 aromatic rings. The van der Waals surface area contributed by atoms with Crippen LogP contribution in [0.15, 0.2) is 36.5 Å². The van der Waals surface area contributed by atoms with E-state index in [4.69, 9.17) is 4.74 Å². The highest BCUT2D eigenvalue weighted by Crippen LogP contribution is 2.37. The van der Waals surface area contributed by atoms with Crippen molar-refractivity contribution >= 4 is 41.5 Å². The zero-order valence-electron chi connectivity index (χ0n) is 19.7. The van der Waals surface area contributed by atoms with Crippen molar-refractivity contribution in [1.29, 1.82) is 0 Å². The van der Waals surface area contributed by atoms with E-state index in [9.17, 15) is 35.9 Å². The van der Waals surface area contributed by atoms with Crippen LogP contribution in [0.5, 0.6) is 5.88 Å². The number of nitrogens with one attached hydrogen (secondary N) is 2. The number of halogens is 6. The fourth-order valence-electron chi connectivity index (χ4n) is 3.67. The Hall–Kier alpha value is -4.15. The summed E-state index contributed by atoms with van der Waals surface area (Å²) in [5.41, 5.74) is -2.96. The molecule has 0 atom stereocenters. The molecule has 0 unspecified atom stereocenters. The third kappa shape index (κ3) is 7.04. The summed E-state index contributed by atoms with van der Waals surface area (Å²) in [6.07, 6.45) is -8.06. The molecule has 1 aliphatic rings. The number of carbonyl (C=O) groups excluding carboxylic acids is 2. The quantitative estimate of drug-likeness (QED) is 0.316. The van der Waals surface area contributed by atoms with E-state index in [0.29, 0.717) is 35.7 Å². The number of benzene rings is 1. The third-order valence-corrected chi connectivity index (χ3v) is 6.06. The van der Waals surface area contributed by atoms with Gasteiger partial charge in [-0.05, 0) is 35.9 Å². The number of rotatable bonds is 7. The van der Waals surface area contributed by atoms with Crippen LogP contribution in [0.3, 0.4) is 0 Å². The van der Waals surface area contributed by atoms with Crippen molar-refractivity contribution in [3.05, 3.63) is 53.2 Å². The SMILES string of the molecule is O=CNc1cc(COc2nsnc2N2CCN(C(=O)Nc3cc(C(F)(F)F)cc(C(F)(F)F)c3)CC2)ccn1. The molecular formula is C22H19F6N7O3S. The summed E-state index contributed by atoms with van der Waals surface area (Å²) in [5, 5.41) is 4.57. The normalized spacial score (nSPS) is 14.2. The number of hydrogen-bond donors (Lipinski definition) is 2. The molecule has 208 valence electrons. The second kappa shape index (κ2) is 11.3. The number of anilines is 3. The Labute approximate surface area is 220 Å². The number of nitrogens with zero attached hydrogens (tertiary/aromatic N) is 5. The summed E-state index contributed by atoms with van der Waals surface area (Å²) in [6, 6.07) is 3.37. The van der Waals surface area contributed by atoms with Gasteiger partial charge in [-0.1, -0.05) is 0 Å². The Balaban J connectivity index is 1.37. The predicted octanol–water partition coefficient (Wildman–Crippen LogP) is 4.47. The van der Waals surface area contributed by atoms with E-state index in [1.807, 2.05) is 0 Å². The smallest absolute Gasteiger partial charge is 0.416 e.